The highest BCUT2D eigenvalue weighted by Crippen LogP contribution is 2.26. The second-order valence-corrected chi connectivity index (χ2v) is 6.75. The number of aromatic nitrogens is 2. The first-order chi connectivity index (χ1) is 9.23. The lowest BCUT2D eigenvalue weighted by atomic mass is 9.84. The van der Waals surface area contributed by atoms with Gasteiger partial charge in [-0.05, 0) is 47.7 Å². The van der Waals surface area contributed by atoms with E-state index in [9.17, 15) is 4.79 Å². The molecule has 5 nitrogen and oxygen atoms in total. The van der Waals surface area contributed by atoms with Crippen LogP contribution in [0.5, 0.6) is 0 Å². The zero-order valence-electron chi connectivity index (χ0n) is 12.7. The van der Waals surface area contributed by atoms with Gasteiger partial charge in [-0.3, -0.25) is 9.48 Å². The van der Waals surface area contributed by atoms with Crippen LogP contribution in [-0.2, 0) is 18.4 Å². The van der Waals surface area contributed by atoms with Crippen LogP contribution in [0.4, 0.5) is 0 Å². The Balaban J connectivity index is 2.36. The Kier molecular flexibility index (Phi) is 6.20. The van der Waals surface area contributed by atoms with Gasteiger partial charge in [-0.2, -0.15) is 5.10 Å². The topological polar surface area (TPSA) is 67.2 Å². The number of nitrogens with zero attached hydrogens (tertiary/aromatic N) is 2. The van der Waals surface area contributed by atoms with Gasteiger partial charge in [0.15, 0.2) is 0 Å². The zero-order valence-corrected chi connectivity index (χ0v) is 14.2. The Morgan fingerprint density at radius 2 is 2.10 bits per heavy atom. The van der Waals surface area contributed by atoms with E-state index in [1.807, 2.05) is 18.7 Å². The quantitative estimate of drug-likeness (QED) is 0.711. The van der Waals surface area contributed by atoms with Crippen LogP contribution in [0.3, 0.4) is 0 Å². The number of aliphatic carboxylic acids is 1. The van der Waals surface area contributed by atoms with Crippen LogP contribution >= 0.6 is 15.9 Å². The molecular weight excluding hydrogens is 322 g/mol. The fourth-order valence-corrected chi connectivity index (χ4v) is 2.55. The smallest absolute Gasteiger partial charge is 0.303 e. The Hall–Kier alpha value is -0.880. The van der Waals surface area contributed by atoms with Crippen LogP contribution in [0.15, 0.2) is 4.47 Å². The van der Waals surface area contributed by atoms with Crippen LogP contribution in [0, 0.1) is 12.3 Å². The van der Waals surface area contributed by atoms with Crippen molar-refractivity contribution in [2.24, 2.45) is 12.5 Å². The van der Waals surface area contributed by atoms with Gasteiger partial charge >= 0.3 is 5.97 Å². The molecule has 0 amide bonds. The number of hydrogen-bond donors (Lipinski definition) is 2. The standard InChI is InChI=1S/C14H24BrN3O2/c1-10-13(15)11(18(4)17-10)9-16-8-7-14(2,3)6-5-12(19)20/h16H,5-9H2,1-4H3,(H,19,20). The maximum atomic E-state index is 10.6. The number of halogens is 1. The first kappa shape index (κ1) is 17.2. The molecule has 0 radical (unpaired) electrons. The largest absolute Gasteiger partial charge is 0.481 e. The summed E-state index contributed by atoms with van der Waals surface area (Å²) in [6.45, 7) is 7.82. The van der Waals surface area contributed by atoms with Crippen LogP contribution in [0.25, 0.3) is 0 Å². The first-order valence-electron chi connectivity index (χ1n) is 6.83. The molecule has 0 saturated heterocycles. The first-order valence-corrected chi connectivity index (χ1v) is 7.63. The maximum absolute atomic E-state index is 10.6. The van der Waals surface area contributed by atoms with Crippen molar-refractivity contribution >= 4 is 21.9 Å². The minimum atomic E-state index is -0.722. The molecule has 1 heterocycles. The highest BCUT2D eigenvalue weighted by molar-refractivity contribution is 9.10. The summed E-state index contributed by atoms with van der Waals surface area (Å²) in [5.74, 6) is -0.722. The summed E-state index contributed by atoms with van der Waals surface area (Å²) in [4.78, 5) is 10.6. The van der Waals surface area contributed by atoms with E-state index in [0.29, 0.717) is 6.42 Å². The van der Waals surface area contributed by atoms with Crippen molar-refractivity contribution in [3.8, 4) is 0 Å². The van der Waals surface area contributed by atoms with Gasteiger partial charge in [0.05, 0.1) is 15.9 Å². The fourth-order valence-electron chi connectivity index (χ4n) is 2.08. The van der Waals surface area contributed by atoms with Gasteiger partial charge in [0.2, 0.25) is 0 Å². The molecule has 1 aromatic heterocycles. The molecule has 1 aromatic rings. The molecule has 114 valence electrons. The van der Waals surface area contributed by atoms with Gasteiger partial charge < -0.3 is 10.4 Å². The summed E-state index contributed by atoms with van der Waals surface area (Å²) in [7, 11) is 1.94. The van der Waals surface area contributed by atoms with Crippen molar-refractivity contribution in [1.82, 2.24) is 15.1 Å². The summed E-state index contributed by atoms with van der Waals surface area (Å²) in [5, 5.41) is 16.5. The van der Waals surface area contributed by atoms with Crippen molar-refractivity contribution in [3.05, 3.63) is 15.9 Å². The van der Waals surface area contributed by atoms with Crippen molar-refractivity contribution in [1.29, 1.82) is 0 Å². The van der Waals surface area contributed by atoms with Crippen LogP contribution in [0.1, 0.15) is 44.5 Å². The number of hydrogen-bond acceptors (Lipinski definition) is 3. The molecular formula is C14H24BrN3O2. The van der Waals surface area contributed by atoms with E-state index in [-0.39, 0.29) is 11.8 Å². The molecule has 0 atom stereocenters. The average Bonchev–Trinajstić information content (AvgIpc) is 2.58. The fraction of sp³-hybridized carbons (Fsp3) is 0.714. The van der Waals surface area contributed by atoms with E-state index < -0.39 is 5.97 Å². The number of carbonyl (C=O) groups is 1. The van der Waals surface area contributed by atoms with Gasteiger partial charge in [-0.15, -0.1) is 0 Å². The molecule has 1 rings (SSSR count). The van der Waals surface area contributed by atoms with Crippen LogP contribution in [0.2, 0.25) is 0 Å². The number of carboxylic acids is 1. The minimum Gasteiger partial charge on any atom is -0.481 e. The lowest BCUT2D eigenvalue weighted by Gasteiger charge is -2.23. The average molecular weight is 346 g/mol. The molecule has 0 aliphatic carbocycles. The van der Waals surface area contributed by atoms with Crippen LogP contribution < -0.4 is 5.32 Å². The van der Waals surface area contributed by atoms with Gasteiger partial charge in [0.1, 0.15) is 0 Å². The summed E-state index contributed by atoms with van der Waals surface area (Å²) >= 11 is 3.54. The summed E-state index contributed by atoms with van der Waals surface area (Å²) < 4.78 is 2.93. The lowest BCUT2D eigenvalue weighted by Crippen LogP contribution is -2.23. The Labute approximate surface area is 128 Å². The van der Waals surface area contributed by atoms with E-state index in [1.165, 1.54) is 0 Å². The summed E-state index contributed by atoms with van der Waals surface area (Å²) in [6, 6.07) is 0. The molecule has 0 spiro atoms. The molecule has 0 fully saturated rings. The molecule has 0 aliphatic rings. The third-order valence-electron chi connectivity index (χ3n) is 3.55. The summed E-state index contributed by atoms with van der Waals surface area (Å²) in [6.07, 6.45) is 1.90. The second-order valence-electron chi connectivity index (χ2n) is 5.95. The number of carboxylic acid groups (broad SMARTS) is 1. The van der Waals surface area contributed by atoms with Gasteiger partial charge in [-0.25, -0.2) is 0 Å². The Morgan fingerprint density at radius 3 is 2.60 bits per heavy atom. The number of nitrogens with one attached hydrogen (secondary N) is 1. The van der Waals surface area contributed by atoms with E-state index in [4.69, 9.17) is 5.11 Å². The van der Waals surface area contributed by atoms with Crippen molar-refractivity contribution in [3.63, 3.8) is 0 Å². The Morgan fingerprint density at radius 1 is 1.45 bits per heavy atom. The Bertz CT molecular complexity index is 469. The predicted molar refractivity (Wildman–Crippen MR) is 82.6 cm³/mol. The normalized spacial score (nSPS) is 11.8. The molecule has 0 aromatic carbocycles. The van der Waals surface area contributed by atoms with Gasteiger partial charge in [0.25, 0.3) is 0 Å². The van der Waals surface area contributed by atoms with E-state index in [1.54, 1.807) is 0 Å². The van der Waals surface area contributed by atoms with Crippen molar-refractivity contribution in [2.75, 3.05) is 6.54 Å². The molecule has 0 aliphatic heterocycles. The summed E-state index contributed by atoms with van der Waals surface area (Å²) in [5.41, 5.74) is 2.17. The molecule has 0 unspecified atom stereocenters. The highest BCUT2D eigenvalue weighted by Gasteiger charge is 2.19. The van der Waals surface area contributed by atoms with E-state index in [0.717, 1.165) is 35.4 Å². The maximum Gasteiger partial charge on any atom is 0.303 e. The third kappa shape index (κ3) is 5.25. The van der Waals surface area contributed by atoms with Gasteiger partial charge in [-0.1, -0.05) is 13.8 Å². The SMILES string of the molecule is Cc1nn(C)c(CNCCC(C)(C)CCC(=O)O)c1Br. The predicted octanol–water partition coefficient (Wildman–Crippen LogP) is 2.86. The monoisotopic (exact) mass is 345 g/mol. The third-order valence-corrected chi connectivity index (χ3v) is 4.58. The minimum absolute atomic E-state index is 0.0466. The highest BCUT2D eigenvalue weighted by atomic mass is 79.9. The van der Waals surface area contributed by atoms with Crippen LogP contribution in [-0.4, -0.2) is 27.4 Å². The van der Waals surface area contributed by atoms with Crippen molar-refractivity contribution in [2.45, 2.75) is 46.6 Å². The second kappa shape index (κ2) is 7.22. The molecule has 0 saturated carbocycles. The van der Waals surface area contributed by atoms with Crippen molar-refractivity contribution < 1.29 is 9.90 Å². The molecule has 0 bridgehead atoms. The number of rotatable bonds is 8. The van der Waals surface area contributed by atoms with E-state index in [2.05, 4.69) is 40.2 Å². The lowest BCUT2D eigenvalue weighted by molar-refractivity contribution is -0.137. The number of aryl methyl sites for hydroxylation is 2. The molecule has 20 heavy (non-hydrogen) atoms. The zero-order chi connectivity index (χ0) is 15.3. The van der Waals surface area contributed by atoms with Gasteiger partial charge in [0, 0.05) is 20.0 Å². The molecule has 2 N–H and O–H groups in total. The molecule has 6 heteroatoms. The van der Waals surface area contributed by atoms with E-state index >= 15 is 0 Å².